The predicted octanol–water partition coefficient (Wildman–Crippen LogP) is 4.12. The summed E-state index contributed by atoms with van der Waals surface area (Å²) in [4.78, 5) is 0.674. The van der Waals surface area contributed by atoms with Crippen molar-refractivity contribution in [3.63, 3.8) is 0 Å². The molecule has 0 amide bonds. The summed E-state index contributed by atoms with van der Waals surface area (Å²) in [5.41, 5.74) is -0.180. The van der Waals surface area contributed by atoms with E-state index in [2.05, 4.69) is 36.4 Å². The molecule has 0 saturated heterocycles. The van der Waals surface area contributed by atoms with Crippen molar-refractivity contribution in [3.8, 4) is 5.75 Å². The zero-order valence-corrected chi connectivity index (χ0v) is 14.6. The molecular weight excluding hydrogens is 375 g/mol. The van der Waals surface area contributed by atoms with Crippen LogP contribution in [0.1, 0.15) is 33.6 Å². The minimum Gasteiger partial charge on any atom is -0.488 e. The molecule has 0 aliphatic rings. The minimum absolute atomic E-state index is 0.180. The lowest BCUT2D eigenvalue weighted by Gasteiger charge is -2.25. The van der Waals surface area contributed by atoms with Crippen LogP contribution in [0.3, 0.4) is 0 Å². The fourth-order valence-electron chi connectivity index (χ4n) is 1.44. The molecule has 0 aliphatic carbocycles. The second-order valence-electron chi connectivity index (χ2n) is 4.83. The van der Waals surface area contributed by atoms with Gasteiger partial charge >= 0.3 is 0 Å². The van der Waals surface area contributed by atoms with Crippen molar-refractivity contribution < 1.29 is 13.1 Å². The summed E-state index contributed by atoms with van der Waals surface area (Å²) in [6.45, 7) is 6.64. The Morgan fingerprint density at radius 3 is 2.42 bits per heavy atom. The molecule has 1 rings (SSSR count). The molecule has 0 aliphatic heterocycles. The van der Waals surface area contributed by atoms with Gasteiger partial charge in [-0.05, 0) is 51.0 Å². The molecule has 1 atom stereocenters. The molecule has 0 bridgehead atoms. The van der Waals surface area contributed by atoms with E-state index < -0.39 is 11.1 Å². The molecule has 0 N–H and O–H groups in total. The lowest BCUT2D eigenvalue weighted by atomic mass is 10.1. The first-order valence-corrected chi connectivity index (χ1v) is 8.98. The van der Waals surface area contributed by atoms with Gasteiger partial charge in [0.1, 0.15) is 11.4 Å². The molecule has 0 heterocycles. The van der Waals surface area contributed by atoms with Gasteiger partial charge in [0.2, 0.25) is 0 Å². The van der Waals surface area contributed by atoms with Crippen molar-refractivity contribution in [3.05, 3.63) is 24.3 Å². The number of ether oxygens (including phenoxy) is 1. The van der Waals surface area contributed by atoms with Gasteiger partial charge in [0.05, 0.1) is 11.5 Å². The van der Waals surface area contributed by atoms with Crippen molar-refractivity contribution in [2.75, 3.05) is 11.0 Å². The molecule has 0 radical (unpaired) electrons. The van der Waals surface area contributed by atoms with Crippen molar-refractivity contribution in [1.82, 2.24) is 0 Å². The molecule has 19 heavy (non-hydrogen) atoms. The van der Waals surface area contributed by atoms with Crippen LogP contribution in [0.4, 0.5) is 0 Å². The van der Waals surface area contributed by atoms with Gasteiger partial charge in [0, 0.05) is 4.43 Å². The van der Waals surface area contributed by atoms with Crippen LogP contribution in [0, 0.1) is 0 Å². The van der Waals surface area contributed by atoms with E-state index in [0.717, 1.165) is 23.0 Å². The van der Waals surface area contributed by atoms with Crippen molar-refractivity contribution in [1.29, 1.82) is 0 Å². The highest BCUT2D eigenvalue weighted by molar-refractivity contribution is 14.1. The summed E-state index contributed by atoms with van der Waals surface area (Å²) in [6.07, 6.45) is 1.85. The minimum atomic E-state index is -1.37. The number of benzene rings is 1. The monoisotopic (exact) mass is 396 g/mol. The molecule has 0 saturated carbocycles. The van der Waals surface area contributed by atoms with Crippen LogP contribution in [-0.4, -0.2) is 20.8 Å². The van der Waals surface area contributed by atoms with Gasteiger partial charge in [-0.25, -0.2) is 4.21 Å². The van der Waals surface area contributed by atoms with E-state index in [1.54, 1.807) is 12.1 Å². The van der Waals surface area contributed by atoms with Crippen molar-refractivity contribution in [2.24, 2.45) is 0 Å². The van der Waals surface area contributed by atoms with Crippen LogP contribution in [0.15, 0.2) is 29.2 Å². The number of halogens is 1. The highest BCUT2D eigenvalue weighted by Crippen LogP contribution is 2.23. The van der Waals surface area contributed by atoms with Gasteiger partial charge in [-0.3, -0.25) is 4.18 Å². The second-order valence-corrected chi connectivity index (χ2v) is 7.08. The Kier molecular flexibility index (Phi) is 7.31. The summed E-state index contributed by atoms with van der Waals surface area (Å²) in [5.74, 6) is 0.797. The zero-order chi connectivity index (χ0) is 14.3. The summed E-state index contributed by atoms with van der Waals surface area (Å²) in [7, 11) is 0. The Hall–Kier alpha value is -0.140. The van der Waals surface area contributed by atoms with E-state index in [-0.39, 0.29) is 5.60 Å². The second kappa shape index (κ2) is 8.21. The molecule has 1 aromatic carbocycles. The Bertz CT molecular complexity index is 404. The standard InChI is InChI=1S/C14H21IO3S/c1-4-11-17-19(16)13-7-5-12(6-8-13)18-14(2,3)9-10-15/h5-8H,4,9-11H2,1-3H3. The lowest BCUT2D eigenvalue weighted by molar-refractivity contribution is 0.107. The maximum absolute atomic E-state index is 11.7. The normalized spacial score (nSPS) is 13.3. The number of alkyl halides is 1. The van der Waals surface area contributed by atoms with E-state index in [4.69, 9.17) is 8.92 Å². The Balaban J connectivity index is 2.63. The van der Waals surface area contributed by atoms with Crippen molar-refractivity contribution in [2.45, 2.75) is 44.1 Å². The highest BCUT2D eigenvalue weighted by atomic mass is 127. The zero-order valence-electron chi connectivity index (χ0n) is 11.6. The summed E-state index contributed by atoms with van der Waals surface area (Å²) in [5, 5.41) is 0. The molecule has 0 aromatic heterocycles. The maximum atomic E-state index is 11.7. The fraction of sp³-hybridized carbons (Fsp3) is 0.571. The average molecular weight is 396 g/mol. The number of hydrogen-bond acceptors (Lipinski definition) is 3. The predicted molar refractivity (Wildman–Crippen MR) is 87.3 cm³/mol. The van der Waals surface area contributed by atoms with Crippen LogP contribution in [0.5, 0.6) is 5.75 Å². The van der Waals surface area contributed by atoms with Crippen LogP contribution in [0.25, 0.3) is 0 Å². The van der Waals surface area contributed by atoms with Crippen molar-refractivity contribution >= 4 is 33.7 Å². The van der Waals surface area contributed by atoms with E-state index in [1.807, 2.05) is 19.1 Å². The van der Waals surface area contributed by atoms with E-state index in [9.17, 15) is 4.21 Å². The van der Waals surface area contributed by atoms with E-state index in [1.165, 1.54) is 0 Å². The van der Waals surface area contributed by atoms with E-state index >= 15 is 0 Å². The Morgan fingerprint density at radius 2 is 1.89 bits per heavy atom. The van der Waals surface area contributed by atoms with Crippen LogP contribution < -0.4 is 4.74 Å². The molecule has 108 valence electrons. The highest BCUT2D eigenvalue weighted by Gasteiger charge is 2.18. The molecule has 1 unspecified atom stereocenters. The third-order valence-electron chi connectivity index (χ3n) is 2.50. The molecular formula is C14H21IO3S. The summed E-state index contributed by atoms with van der Waals surface area (Å²) >= 11 is 0.970. The van der Waals surface area contributed by atoms with Crippen LogP contribution in [-0.2, 0) is 15.3 Å². The third-order valence-corrected chi connectivity index (χ3v) is 4.08. The van der Waals surface area contributed by atoms with Gasteiger partial charge in [0.25, 0.3) is 0 Å². The first-order chi connectivity index (χ1) is 8.98. The smallest absolute Gasteiger partial charge is 0.189 e. The lowest BCUT2D eigenvalue weighted by Crippen LogP contribution is -2.28. The largest absolute Gasteiger partial charge is 0.488 e. The Morgan fingerprint density at radius 1 is 1.26 bits per heavy atom. The summed E-state index contributed by atoms with van der Waals surface area (Å²) in [6, 6.07) is 7.28. The van der Waals surface area contributed by atoms with Gasteiger partial charge in [0.15, 0.2) is 11.1 Å². The first kappa shape index (κ1) is 16.9. The maximum Gasteiger partial charge on any atom is 0.189 e. The summed E-state index contributed by atoms with van der Waals surface area (Å²) < 4.78 is 23.9. The topological polar surface area (TPSA) is 35.5 Å². The molecule has 1 aromatic rings. The van der Waals surface area contributed by atoms with Gasteiger partial charge in [-0.1, -0.05) is 29.5 Å². The van der Waals surface area contributed by atoms with Gasteiger partial charge in [-0.15, -0.1) is 0 Å². The SMILES string of the molecule is CCCOS(=O)c1ccc(OC(C)(C)CCI)cc1. The fourth-order valence-corrected chi connectivity index (χ4v) is 3.55. The average Bonchev–Trinajstić information content (AvgIpc) is 2.36. The third kappa shape index (κ3) is 6.23. The first-order valence-electron chi connectivity index (χ1n) is 6.38. The van der Waals surface area contributed by atoms with E-state index in [0.29, 0.717) is 11.5 Å². The molecule has 0 fully saturated rings. The van der Waals surface area contributed by atoms with Crippen LogP contribution in [0.2, 0.25) is 0 Å². The molecule has 5 heteroatoms. The Labute approximate surface area is 131 Å². The molecule has 0 spiro atoms. The number of rotatable bonds is 8. The van der Waals surface area contributed by atoms with Gasteiger partial charge in [-0.2, -0.15) is 0 Å². The van der Waals surface area contributed by atoms with Gasteiger partial charge < -0.3 is 4.74 Å². The van der Waals surface area contributed by atoms with Crippen LogP contribution >= 0.6 is 22.6 Å². The quantitative estimate of drug-likeness (QED) is 0.490. The number of hydrogen-bond donors (Lipinski definition) is 0. The molecule has 3 nitrogen and oxygen atoms in total.